The van der Waals surface area contributed by atoms with Gasteiger partial charge in [0.25, 0.3) is 0 Å². The molecular weight excluding hydrogens is 258 g/mol. The molecule has 4 nitrogen and oxygen atoms in total. The van der Waals surface area contributed by atoms with E-state index in [1.807, 2.05) is 37.4 Å². The summed E-state index contributed by atoms with van der Waals surface area (Å²) in [5.74, 6) is 1.31. The number of fused-ring (bicyclic) bond motifs is 1. The monoisotopic (exact) mass is 271 g/mol. The summed E-state index contributed by atoms with van der Waals surface area (Å²) >= 11 is 1.57. The zero-order valence-electron chi connectivity index (χ0n) is 10.7. The Morgan fingerprint density at radius 1 is 1.16 bits per heavy atom. The Labute approximate surface area is 114 Å². The molecule has 0 aliphatic heterocycles. The molecule has 5 heteroatoms. The summed E-state index contributed by atoms with van der Waals surface area (Å²) in [6.07, 6.45) is 1.51. The van der Waals surface area contributed by atoms with Crippen molar-refractivity contribution in [2.75, 3.05) is 5.73 Å². The van der Waals surface area contributed by atoms with Gasteiger partial charge in [0, 0.05) is 11.8 Å². The molecule has 2 heterocycles. The van der Waals surface area contributed by atoms with Gasteiger partial charge in [-0.1, -0.05) is 6.07 Å². The maximum atomic E-state index is 5.93. The third-order valence-electron chi connectivity index (χ3n) is 2.98. The van der Waals surface area contributed by atoms with Crippen molar-refractivity contribution in [1.82, 2.24) is 9.97 Å². The van der Waals surface area contributed by atoms with E-state index in [-0.39, 0.29) is 0 Å². The number of nitrogens with zero attached hydrogens (tertiary/aromatic N) is 2. The molecule has 0 aliphatic carbocycles. The number of anilines is 1. The summed E-state index contributed by atoms with van der Waals surface area (Å²) < 4.78 is 6.84. The first-order valence-electron chi connectivity index (χ1n) is 5.88. The number of hydrogen-bond acceptors (Lipinski definition) is 5. The molecule has 96 valence electrons. The molecular formula is C14H13N3OS. The fraction of sp³-hybridized carbons (Fsp3) is 0.143. The minimum atomic E-state index is 0.575. The van der Waals surface area contributed by atoms with Gasteiger partial charge >= 0.3 is 0 Å². The number of rotatable bonds is 2. The predicted octanol–water partition coefficient (Wildman–Crippen LogP) is 3.68. The zero-order valence-corrected chi connectivity index (χ0v) is 11.5. The van der Waals surface area contributed by atoms with Crippen molar-refractivity contribution in [2.24, 2.45) is 0 Å². The van der Waals surface area contributed by atoms with Crippen molar-refractivity contribution in [3.8, 4) is 11.6 Å². The second-order valence-corrected chi connectivity index (χ2v) is 5.31. The summed E-state index contributed by atoms with van der Waals surface area (Å²) in [7, 11) is 0. The van der Waals surface area contributed by atoms with E-state index in [4.69, 9.17) is 10.5 Å². The lowest BCUT2D eigenvalue weighted by Crippen LogP contribution is -1.95. The third-order valence-corrected chi connectivity index (χ3v) is 3.87. The second-order valence-electron chi connectivity index (χ2n) is 4.39. The van der Waals surface area contributed by atoms with Gasteiger partial charge in [0.2, 0.25) is 5.88 Å². The normalized spacial score (nSPS) is 10.8. The summed E-state index contributed by atoms with van der Waals surface area (Å²) in [6.45, 7) is 3.98. The molecule has 0 saturated heterocycles. The van der Waals surface area contributed by atoms with Crippen LogP contribution >= 0.6 is 11.3 Å². The van der Waals surface area contributed by atoms with Gasteiger partial charge in [-0.25, -0.2) is 9.97 Å². The highest BCUT2D eigenvalue weighted by Gasteiger charge is 2.10. The first-order valence-corrected chi connectivity index (χ1v) is 6.76. The van der Waals surface area contributed by atoms with E-state index >= 15 is 0 Å². The van der Waals surface area contributed by atoms with E-state index in [9.17, 15) is 0 Å². The minimum Gasteiger partial charge on any atom is -0.437 e. The van der Waals surface area contributed by atoms with Crippen LogP contribution in [-0.4, -0.2) is 9.97 Å². The molecule has 0 atom stereocenters. The average molecular weight is 271 g/mol. The molecule has 0 fully saturated rings. The molecule has 0 aliphatic rings. The number of nitrogen functional groups attached to an aromatic ring is 1. The molecule has 0 amide bonds. The van der Waals surface area contributed by atoms with Crippen molar-refractivity contribution >= 4 is 27.2 Å². The molecule has 2 aromatic heterocycles. The van der Waals surface area contributed by atoms with E-state index in [0.29, 0.717) is 5.88 Å². The summed E-state index contributed by atoms with van der Waals surface area (Å²) in [5, 5.41) is 1.97. The van der Waals surface area contributed by atoms with Crippen LogP contribution in [-0.2, 0) is 0 Å². The smallest absolute Gasteiger partial charge is 0.240 e. The Kier molecular flexibility index (Phi) is 2.83. The first-order chi connectivity index (χ1) is 9.15. The summed E-state index contributed by atoms with van der Waals surface area (Å²) in [6, 6.07) is 5.80. The molecule has 0 radical (unpaired) electrons. The largest absolute Gasteiger partial charge is 0.437 e. The number of hydrogen-bond donors (Lipinski definition) is 1. The highest BCUT2D eigenvalue weighted by Crippen LogP contribution is 2.33. The quantitative estimate of drug-likeness (QED) is 0.722. The standard InChI is InChI=1S/C14H13N3OS/c1-8-5-9(2)12(6-10(8)15)18-14-13-11(3-4-19-13)16-7-17-14/h3-7H,15H2,1-2H3. The average Bonchev–Trinajstić information content (AvgIpc) is 2.85. The fourth-order valence-electron chi connectivity index (χ4n) is 1.90. The van der Waals surface area contributed by atoms with Crippen LogP contribution in [0.1, 0.15) is 11.1 Å². The van der Waals surface area contributed by atoms with E-state index in [0.717, 1.165) is 32.8 Å². The Morgan fingerprint density at radius 2 is 2.00 bits per heavy atom. The van der Waals surface area contributed by atoms with Gasteiger partial charge in [0.15, 0.2) is 0 Å². The molecule has 2 N–H and O–H groups in total. The Balaban J connectivity index is 2.06. The molecule has 0 spiro atoms. The molecule has 0 bridgehead atoms. The van der Waals surface area contributed by atoms with Crippen molar-refractivity contribution in [3.05, 3.63) is 41.0 Å². The van der Waals surface area contributed by atoms with E-state index in [2.05, 4.69) is 9.97 Å². The van der Waals surface area contributed by atoms with Gasteiger partial charge in [0.05, 0.1) is 5.52 Å². The molecule has 0 unspecified atom stereocenters. The van der Waals surface area contributed by atoms with Crippen LogP contribution in [0.3, 0.4) is 0 Å². The van der Waals surface area contributed by atoms with Crippen LogP contribution in [0.2, 0.25) is 0 Å². The lowest BCUT2D eigenvalue weighted by molar-refractivity contribution is 0.465. The number of nitrogens with two attached hydrogens (primary N) is 1. The number of ether oxygens (including phenoxy) is 1. The zero-order chi connectivity index (χ0) is 13.4. The third kappa shape index (κ3) is 2.13. The van der Waals surface area contributed by atoms with E-state index in [1.165, 1.54) is 6.33 Å². The Bertz CT molecular complexity index is 752. The molecule has 3 rings (SSSR count). The minimum absolute atomic E-state index is 0.575. The van der Waals surface area contributed by atoms with Gasteiger partial charge in [-0.2, -0.15) is 0 Å². The second kappa shape index (κ2) is 4.51. The van der Waals surface area contributed by atoms with Crippen LogP contribution in [0, 0.1) is 13.8 Å². The maximum absolute atomic E-state index is 5.93. The topological polar surface area (TPSA) is 61.0 Å². The number of thiophene rings is 1. The molecule has 19 heavy (non-hydrogen) atoms. The highest BCUT2D eigenvalue weighted by atomic mass is 32.1. The van der Waals surface area contributed by atoms with Crippen LogP contribution in [0.5, 0.6) is 11.6 Å². The summed E-state index contributed by atoms with van der Waals surface area (Å²) in [5.41, 5.74) is 9.63. The predicted molar refractivity (Wildman–Crippen MR) is 77.8 cm³/mol. The Morgan fingerprint density at radius 3 is 2.84 bits per heavy atom. The maximum Gasteiger partial charge on any atom is 0.240 e. The van der Waals surface area contributed by atoms with Gasteiger partial charge in [0.1, 0.15) is 16.8 Å². The van der Waals surface area contributed by atoms with Crippen LogP contribution < -0.4 is 10.5 Å². The van der Waals surface area contributed by atoms with Gasteiger partial charge in [-0.3, -0.25) is 0 Å². The van der Waals surface area contributed by atoms with Crippen LogP contribution in [0.15, 0.2) is 29.9 Å². The number of benzene rings is 1. The highest BCUT2D eigenvalue weighted by molar-refractivity contribution is 7.17. The van der Waals surface area contributed by atoms with Gasteiger partial charge in [-0.05, 0) is 36.4 Å². The Hall–Kier alpha value is -2.14. The lowest BCUT2D eigenvalue weighted by Gasteiger charge is -2.10. The van der Waals surface area contributed by atoms with Gasteiger partial charge in [-0.15, -0.1) is 11.3 Å². The van der Waals surface area contributed by atoms with E-state index < -0.39 is 0 Å². The fourth-order valence-corrected chi connectivity index (χ4v) is 2.67. The van der Waals surface area contributed by atoms with Crippen LogP contribution in [0.25, 0.3) is 10.2 Å². The summed E-state index contributed by atoms with van der Waals surface area (Å²) in [4.78, 5) is 8.40. The van der Waals surface area contributed by atoms with Crippen molar-refractivity contribution in [3.63, 3.8) is 0 Å². The SMILES string of the molecule is Cc1cc(C)c(Oc2ncnc3ccsc23)cc1N. The molecule has 3 aromatic rings. The van der Waals surface area contributed by atoms with Crippen molar-refractivity contribution in [2.45, 2.75) is 13.8 Å². The van der Waals surface area contributed by atoms with Crippen LogP contribution in [0.4, 0.5) is 5.69 Å². The van der Waals surface area contributed by atoms with Crippen molar-refractivity contribution in [1.29, 1.82) is 0 Å². The molecule has 1 aromatic carbocycles. The van der Waals surface area contributed by atoms with Crippen molar-refractivity contribution < 1.29 is 4.74 Å². The first kappa shape index (κ1) is 11.9. The molecule has 0 saturated carbocycles. The number of aryl methyl sites for hydroxylation is 2. The lowest BCUT2D eigenvalue weighted by atomic mass is 10.1. The number of aromatic nitrogens is 2. The van der Waals surface area contributed by atoms with E-state index in [1.54, 1.807) is 11.3 Å². The van der Waals surface area contributed by atoms with Gasteiger partial charge < -0.3 is 10.5 Å².